The number of nitrogens with zero attached hydrogens (tertiary/aromatic N) is 6. The molecule has 0 spiro atoms. The minimum absolute atomic E-state index is 0.0552. The van der Waals surface area contributed by atoms with E-state index in [9.17, 15) is 4.79 Å². The van der Waals surface area contributed by atoms with E-state index in [1.165, 1.54) is 17.3 Å². The summed E-state index contributed by atoms with van der Waals surface area (Å²) >= 11 is 1.28. The molecule has 1 aromatic heterocycles. The smallest absolute Gasteiger partial charge is 0.232 e. The maximum Gasteiger partial charge on any atom is 0.232 e. The fraction of sp³-hybridized carbons (Fsp3) is 0.400. The Balaban J connectivity index is 2.07. The Bertz CT molecular complexity index is 736. The molecule has 8 heteroatoms. The number of aromatic nitrogens is 4. The summed E-state index contributed by atoms with van der Waals surface area (Å²) in [5.41, 5.74) is 3.13. The van der Waals surface area contributed by atoms with Crippen molar-refractivity contribution in [2.75, 3.05) is 19.3 Å². The summed E-state index contributed by atoms with van der Waals surface area (Å²) in [5.74, 6) is 0.174. The van der Waals surface area contributed by atoms with Crippen LogP contribution in [0.2, 0.25) is 0 Å². The number of thioether (sulfide) groups is 1. The Morgan fingerprint density at radius 3 is 2.91 bits per heavy atom. The number of amides is 1. The Kier molecular flexibility index (Phi) is 5.71. The second-order valence-electron chi connectivity index (χ2n) is 5.18. The molecule has 2 aromatic rings. The summed E-state index contributed by atoms with van der Waals surface area (Å²) in [6.07, 6.45) is 0.327. The highest BCUT2D eigenvalue weighted by Crippen LogP contribution is 2.21. The molecule has 120 valence electrons. The van der Waals surface area contributed by atoms with Crippen LogP contribution in [0.1, 0.15) is 17.5 Å². The highest BCUT2D eigenvalue weighted by Gasteiger charge is 2.15. The highest BCUT2D eigenvalue weighted by molar-refractivity contribution is 7.99. The zero-order chi connectivity index (χ0) is 16.8. The minimum Gasteiger partial charge on any atom is -0.344 e. The first-order chi connectivity index (χ1) is 11.0. The van der Waals surface area contributed by atoms with Crippen molar-refractivity contribution in [2.45, 2.75) is 25.4 Å². The van der Waals surface area contributed by atoms with Gasteiger partial charge in [0.05, 0.1) is 23.9 Å². The Labute approximate surface area is 139 Å². The predicted molar refractivity (Wildman–Crippen MR) is 87.2 cm³/mol. The quantitative estimate of drug-likeness (QED) is 0.750. The van der Waals surface area contributed by atoms with Gasteiger partial charge in [0, 0.05) is 13.6 Å². The predicted octanol–water partition coefficient (Wildman–Crippen LogP) is 1.74. The largest absolute Gasteiger partial charge is 0.344 e. The average Bonchev–Trinajstić information content (AvgIpc) is 2.98. The lowest BCUT2D eigenvalue weighted by molar-refractivity contribution is -0.127. The Hall–Kier alpha value is -2.40. The molecule has 23 heavy (non-hydrogen) atoms. The van der Waals surface area contributed by atoms with Gasteiger partial charge in [0.1, 0.15) is 0 Å². The average molecular weight is 330 g/mol. The second kappa shape index (κ2) is 7.74. The molecule has 0 radical (unpaired) electrons. The molecule has 0 unspecified atom stereocenters. The molecular formula is C15H18N6OS. The fourth-order valence-electron chi connectivity index (χ4n) is 2.04. The number of hydrogen-bond donors (Lipinski definition) is 0. The first kappa shape index (κ1) is 17.0. The van der Waals surface area contributed by atoms with E-state index in [1.807, 2.05) is 32.0 Å². The molecule has 0 saturated heterocycles. The molecular weight excluding hydrogens is 312 g/mol. The Morgan fingerprint density at radius 1 is 1.43 bits per heavy atom. The van der Waals surface area contributed by atoms with Gasteiger partial charge in [0.2, 0.25) is 11.1 Å². The van der Waals surface area contributed by atoms with E-state index in [4.69, 9.17) is 5.26 Å². The standard InChI is InChI=1S/C15H18N6OS/c1-11-5-6-13(12(2)9-11)21-15(17-18-19-21)23-10-14(22)20(3)8-4-7-16/h5-6,9H,4,8,10H2,1-3H3. The van der Waals surface area contributed by atoms with Crippen molar-refractivity contribution >= 4 is 17.7 Å². The van der Waals surface area contributed by atoms with Crippen LogP contribution in [0, 0.1) is 25.2 Å². The van der Waals surface area contributed by atoms with Gasteiger partial charge >= 0.3 is 0 Å². The normalized spacial score (nSPS) is 10.3. The van der Waals surface area contributed by atoms with E-state index in [-0.39, 0.29) is 11.7 Å². The van der Waals surface area contributed by atoms with E-state index in [1.54, 1.807) is 16.6 Å². The highest BCUT2D eigenvalue weighted by atomic mass is 32.2. The number of tetrazole rings is 1. The molecule has 1 amide bonds. The SMILES string of the molecule is Cc1ccc(-n2nnnc2SCC(=O)N(C)CCC#N)c(C)c1. The van der Waals surface area contributed by atoms with Crippen molar-refractivity contribution in [2.24, 2.45) is 0 Å². The zero-order valence-electron chi connectivity index (χ0n) is 13.4. The topological polar surface area (TPSA) is 87.7 Å². The molecule has 0 aliphatic carbocycles. The third kappa shape index (κ3) is 4.29. The fourth-order valence-corrected chi connectivity index (χ4v) is 2.87. The van der Waals surface area contributed by atoms with Gasteiger partial charge in [-0.15, -0.1) is 5.10 Å². The molecule has 1 heterocycles. The summed E-state index contributed by atoms with van der Waals surface area (Å²) in [5, 5.41) is 20.8. The number of benzene rings is 1. The third-order valence-corrected chi connectivity index (χ3v) is 4.23. The zero-order valence-corrected chi connectivity index (χ0v) is 14.2. The molecule has 0 fully saturated rings. The van der Waals surface area contributed by atoms with Gasteiger partial charge in [-0.1, -0.05) is 29.5 Å². The summed E-state index contributed by atoms with van der Waals surface area (Å²) in [7, 11) is 1.69. The van der Waals surface area contributed by atoms with Crippen LogP contribution in [-0.4, -0.2) is 50.4 Å². The van der Waals surface area contributed by atoms with Crippen LogP contribution in [0.5, 0.6) is 0 Å². The van der Waals surface area contributed by atoms with Gasteiger partial charge < -0.3 is 4.90 Å². The maximum absolute atomic E-state index is 12.0. The first-order valence-corrected chi connectivity index (χ1v) is 8.11. The van der Waals surface area contributed by atoms with Crippen molar-refractivity contribution in [3.8, 4) is 11.8 Å². The molecule has 2 rings (SSSR count). The van der Waals surface area contributed by atoms with E-state index in [2.05, 4.69) is 21.6 Å². The van der Waals surface area contributed by atoms with Crippen LogP contribution in [-0.2, 0) is 4.79 Å². The van der Waals surface area contributed by atoms with Crippen molar-refractivity contribution in [1.82, 2.24) is 25.1 Å². The molecule has 0 atom stereocenters. The van der Waals surface area contributed by atoms with E-state index >= 15 is 0 Å². The molecule has 1 aromatic carbocycles. The lowest BCUT2D eigenvalue weighted by Crippen LogP contribution is -2.29. The summed E-state index contributed by atoms with van der Waals surface area (Å²) in [4.78, 5) is 13.6. The molecule has 0 bridgehead atoms. The van der Waals surface area contributed by atoms with Gasteiger partial charge in [-0.3, -0.25) is 4.79 Å². The summed E-state index contributed by atoms with van der Waals surface area (Å²) in [6, 6.07) is 8.05. The molecule has 7 nitrogen and oxygen atoms in total. The number of rotatable bonds is 6. The van der Waals surface area contributed by atoms with Crippen LogP contribution in [0.4, 0.5) is 0 Å². The van der Waals surface area contributed by atoms with Crippen LogP contribution in [0.25, 0.3) is 5.69 Å². The number of carbonyl (C=O) groups is 1. The lowest BCUT2D eigenvalue weighted by atomic mass is 10.1. The van der Waals surface area contributed by atoms with Crippen molar-refractivity contribution in [3.63, 3.8) is 0 Å². The van der Waals surface area contributed by atoms with Crippen LogP contribution >= 0.6 is 11.8 Å². The number of nitriles is 1. The molecule has 0 aliphatic rings. The molecule has 0 aliphatic heterocycles. The van der Waals surface area contributed by atoms with Crippen LogP contribution < -0.4 is 0 Å². The van der Waals surface area contributed by atoms with Crippen LogP contribution in [0.15, 0.2) is 23.4 Å². The number of carbonyl (C=O) groups excluding carboxylic acids is 1. The van der Waals surface area contributed by atoms with E-state index in [0.29, 0.717) is 18.1 Å². The van der Waals surface area contributed by atoms with Crippen molar-refractivity contribution < 1.29 is 4.79 Å². The monoisotopic (exact) mass is 330 g/mol. The van der Waals surface area contributed by atoms with Crippen molar-refractivity contribution in [3.05, 3.63) is 29.3 Å². The maximum atomic E-state index is 12.0. The number of hydrogen-bond acceptors (Lipinski definition) is 6. The van der Waals surface area contributed by atoms with E-state index < -0.39 is 0 Å². The third-order valence-electron chi connectivity index (χ3n) is 3.33. The number of aryl methyl sites for hydroxylation is 2. The summed E-state index contributed by atoms with van der Waals surface area (Å²) < 4.78 is 1.64. The van der Waals surface area contributed by atoms with E-state index in [0.717, 1.165) is 11.3 Å². The lowest BCUT2D eigenvalue weighted by Gasteiger charge is -2.14. The first-order valence-electron chi connectivity index (χ1n) is 7.12. The molecule has 0 saturated carbocycles. The van der Waals surface area contributed by atoms with Gasteiger partial charge in [-0.25, -0.2) is 0 Å². The van der Waals surface area contributed by atoms with Gasteiger partial charge in [0.25, 0.3) is 0 Å². The van der Waals surface area contributed by atoms with Gasteiger partial charge in [-0.2, -0.15) is 9.94 Å². The Morgan fingerprint density at radius 2 is 2.22 bits per heavy atom. The van der Waals surface area contributed by atoms with Crippen LogP contribution in [0.3, 0.4) is 0 Å². The minimum atomic E-state index is -0.0552. The van der Waals surface area contributed by atoms with Gasteiger partial charge in [-0.05, 0) is 35.9 Å². The molecule has 0 N–H and O–H groups in total. The van der Waals surface area contributed by atoms with Gasteiger partial charge in [0.15, 0.2) is 0 Å². The van der Waals surface area contributed by atoms with Crippen molar-refractivity contribution in [1.29, 1.82) is 5.26 Å². The summed E-state index contributed by atoms with van der Waals surface area (Å²) in [6.45, 7) is 4.46. The second-order valence-corrected chi connectivity index (χ2v) is 6.12.